The molecule has 138 valence electrons. The first kappa shape index (κ1) is 18.1. The first-order valence-corrected chi connectivity index (χ1v) is 8.88. The summed E-state index contributed by atoms with van der Waals surface area (Å²) < 4.78 is 15.9. The zero-order valence-corrected chi connectivity index (χ0v) is 15.5. The van der Waals surface area contributed by atoms with E-state index >= 15 is 0 Å². The first-order valence-electron chi connectivity index (χ1n) is 8.88. The summed E-state index contributed by atoms with van der Waals surface area (Å²) in [6.07, 6.45) is 0.746. The Kier molecular flexibility index (Phi) is 5.66. The molecule has 5 heteroatoms. The largest absolute Gasteiger partial charge is 0.497 e. The van der Waals surface area contributed by atoms with Crippen molar-refractivity contribution in [3.05, 3.63) is 53.6 Å². The van der Waals surface area contributed by atoms with Crippen LogP contribution in [0.2, 0.25) is 0 Å². The Morgan fingerprint density at radius 2 is 1.85 bits per heavy atom. The molecule has 1 heterocycles. The van der Waals surface area contributed by atoms with Crippen LogP contribution >= 0.6 is 0 Å². The normalized spacial score (nSPS) is 13.5. The lowest BCUT2D eigenvalue weighted by Gasteiger charge is -2.21. The van der Waals surface area contributed by atoms with Gasteiger partial charge in [0.15, 0.2) is 11.5 Å². The molecule has 0 bridgehead atoms. The second kappa shape index (κ2) is 8.13. The molecule has 2 aromatic carbocycles. The van der Waals surface area contributed by atoms with Crippen molar-refractivity contribution >= 4 is 5.91 Å². The van der Waals surface area contributed by atoms with Crippen LogP contribution in [0.1, 0.15) is 30.9 Å². The maximum atomic E-state index is 12.7. The fourth-order valence-electron chi connectivity index (χ4n) is 3.19. The predicted molar refractivity (Wildman–Crippen MR) is 99.9 cm³/mol. The van der Waals surface area contributed by atoms with E-state index in [9.17, 15) is 4.79 Å². The van der Waals surface area contributed by atoms with Crippen molar-refractivity contribution < 1.29 is 19.0 Å². The Hall–Kier alpha value is -2.69. The summed E-state index contributed by atoms with van der Waals surface area (Å²) in [5, 5.41) is 3.07. The third kappa shape index (κ3) is 4.10. The number of fused-ring (bicyclic) bond motifs is 1. The summed E-state index contributed by atoms with van der Waals surface area (Å²) in [6.45, 7) is 4.98. The van der Waals surface area contributed by atoms with E-state index in [1.807, 2.05) is 42.5 Å². The lowest BCUT2D eigenvalue weighted by atomic mass is 9.87. The number of amides is 1. The smallest absolute Gasteiger partial charge is 0.231 e. The summed E-state index contributed by atoms with van der Waals surface area (Å²) in [7, 11) is 1.64. The van der Waals surface area contributed by atoms with Crippen molar-refractivity contribution in [3.63, 3.8) is 0 Å². The van der Waals surface area contributed by atoms with Gasteiger partial charge in [-0.15, -0.1) is 0 Å². The molecule has 3 rings (SSSR count). The van der Waals surface area contributed by atoms with Crippen molar-refractivity contribution in [2.45, 2.75) is 26.2 Å². The number of benzene rings is 2. The van der Waals surface area contributed by atoms with Crippen LogP contribution < -0.4 is 19.5 Å². The van der Waals surface area contributed by atoms with Gasteiger partial charge < -0.3 is 19.5 Å². The van der Waals surface area contributed by atoms with Gasteiger partial charge in [-0.1, -0.05) is 32.0 Å². The van der Waals surface area contributed by atoms with Crippen LogP contribution in [0.5, 0.6) is 17.2 Å². The van der Waals surface area contributed by atoms with Gasteiger partial charge in [0.05, 0.1) is 13.0 Å². The molecule has 0 saturated carbocycles. The maximum absolute atomic E-state index is 12.7. The second-order valence-electron chi connectivity index (χ2n) is 6.72. The van der Waals surface area contributed by atoms with Crippen LogP contribution in [-0.4, -0.2) is 26.4 Å². The van der Waals surface area contributed by atoms with Crippen molar-refractivity contribution in [2.75, 3.05) is 20.4 Å². The van der Waals surface area contributed by atoms with Gasteiger partial charge in [-0.05, 0) is 47.7 Å². The molecular weight excluding hydrogens is 330 g/mol. The molecular formula is C21H25NO4. The van der Waals surface area contributed by atoms with E-state index in [0.29, 0.717) is 6.54 Å². The minimum absolute atomic E-state index is 0.0471. The number of carbonyl (C=O) groups is 1. The predicted octanol–water partition coefficient (Wildman–Crippen LogP) is 3.52. The molecule has 1 aliphatic heterocycles. The summed E-state index contributed by atoms with van der Waals surface area (Å²) in [5.41, 5.74) is 2.11. The van der Waals surface area contributed by atoms with Crippen LogP contribution in [0, 0.1) is 5.92 Å². The molecule has 0 aromatic heterocycles. The molecule has 1 amide bonds. The average molecular weight is 355 g/mol. The molecule has 1 aliphatic rings. The molecule has 1 N–H and O–H groups in total. The molecule has 5 nitrogen and oxygen atoms in total. The number of hydrogen-bond acceptors (Lipinski definition) is 4. The van der Waals surface area contributed by atoms with Crippen molar-refractivity contribution in [2.24, 2.45) is 5.92 Å². The average Bonchev–Trinajstić information content (AvgIpc) is 3.10. The Bertz CT molecular complexity index is 755. The second-order valence-corrected chi connectivity index (χ2v) is 6.72. The van der Waals surface area contributed by atoms with Crippen LogP contribution in [0.25, 0.3) is 0 Å². The van der Waals surface area contributed by atoms with E-state index in [0.717, 1.165) is 34.8 Å². The third-order valence-electron chi connectivity index (χ3n) is 4.57. The molecule has 0 fully saturated rings. The summed E-state index contributed by atoms with van der Waals surface area (Å²) >= 11 is 0. The highest BCUT2D eigenvalue weighted by Gasteiger charge is 2.24. The van der Waals surface area contributed by atoms with E-state index in [2.05, 4.69) is 19.2 Å². The number of hydrogen-bond donors (Lipinski definition) is 1. The topological polar surface area (TPSA) is 56.8 Å². The lowest BCUT2D eigenvalue weighted by Crippen LogP contribution is -2.33. The SMILES string of the molecule is COc1ccc(C(C(=O)NCCc2ccc3c(c2)OCO3)C(C)C)cc1. The monoisotopic (exact) mass is 355 g/mol. The number of carbonyl (C=O) groups excluding carboxylic acids is 1. The Morgan fingerprint density at radius 1 is 1.12 bits per heavy atom. The van der Waals surface area contributed by atoms with Gasteiger partial charge >= 0.3 is 0 Å². The maximum Gasteiger partial charge on any atom is 0.231 e. The Morgan fingerprint density at radius 3 is 2.54 bits per heavy atom. The molecule has 1 atom stereocenters. The lowest BCUT2D eigenvalue weighted by molar-refractivity contribution is -0.123. The number of methoxy groups -OCH3 is 1. The number of nitrogens with one attached hydrogen (secondary N) is 1. The minimum Gasteiger partial charge on any atom is -0.497 e. The highest BCUT2D eigenvalue weighted by atomic mass is 16.7. The number of ether oxygens (including phenoxy) is 3. The van der Waals surface area contributed by atoms with Gasteiger partial charge in [0, 0.05) is 6.54 Å². The summed E-state index contributed by atoms with van der Waals surface area (Å²) in [4.78, 5) is 12.7. The quantitative estimate of drug-likeness (QED) is 0.826. The van der Waals surface area contributed by atoms with E-state index in [1.165, 1.54) is 0 Å². The molecule has 2 aromatic rings. The van der Waals surface area contributed by atoms with Crippen molar-refractivity contribution in [1.29, 1.82) is 0 Å². The van der Waals surface area contributed by atoms with Crippen LogP contribution in [0.4, 0.5) is 0 Å². The van der Waals surface area contributed by atoms with Crippen LogP contribution in [0.15, 0.2) is 42.5 Å². The van der Waals surface area contributed by atoms with Crippen LogP contribution in [0.3, 0.4) is 0 Å². The standard InChI is InChI=1S/C21H25NO4/c1-14(2)20(16-5-7-17(24-3)8-6-16)21(23)22-11-10-15-4-9-18-19(12-15)26-13-25-18/h4-9,12,14,20H,10-11,13H2,1-3H3,(H,22,23). The van der Waals surface area contributed by atoms with Crippen molar-refractivity contribution in [3.8, 4) is 17.2 Å². The fourth-order valence-corrected chi connectivity index (χ4v) is 3.19. The van der Waals surface area contributed by atoms with E-state index in [1.54, 1.807) is 7.11 Å². The molecule has 0 saturated heterocycles. The van der Waals surface area contributed by atoms with Crippen molar-refractivity contribution in [1.82, 2.24) is 5.32 Å². The highest BCUT2D eigenvalue weighted by molar-refractivity contribution is 5.84. The summed E-state index contributed by atoms with van der Waals surface area (Å²) in [6, 6.07) is 13.6. The van der Waals surface area contributed by atoms with Crippen LogP contribution in [-0.2, 0) is 11.2 Å². The van der Waals surface area contributed by atoms with Gasteiger partial charge in [-0.2, -0.15) is 0 Å². The van der Waals surface area contributed by atoms with E-state index < -0.39 is 0 Å². The molecule has 0 spiro atoms. The number of rotatable bonds is 7. The van der Waals surface area contributed by atoms with E-state index in [4.69, 9.17) is 14.2 Å². The summed E-state index contributed by atoms with van der Waals surface area (Å²) in [5.74, 6) is 2.40. The minimum atomic E-state index is -0.183. The fraction of sp³-hybridized carbons (Fsp3) is 0.381. The van der Waals surface area contributed by atoms with Gasteiger partial charge in [0.1, 0.15) is 5.75 Å². The molecule has 1 unspecified atom stereocenters. The highest BCUT2D eigenvalue weighted by Crippen LogP contribution is 2.32. The Balaban J connectivity index is 1.59. The first-order chi connectivity index (χ1) is 12.6. The molecule has 0 radical (unpaired) electrons. The van der Waals surface area contributed by atoms with Gasteiger partial charge in [0.2, 0.25) is 12.7 Å². The molecule has 26 heavy (non-hydrogen) atoms. The van der Waals surface area contributed by atoms with Gasteiger partial charge in [-0.25, -0.2) is 0 Å². The Labute approximate surface area is 154 Å². The third-order valence-corrected chi connectivity index (χ3v) is 4.57. The van der Waals surface area contributed by atoms with Gasteiger partial charge in [0.25, 0.3) is 0 Å². The molecule has 0 aliphatic carbocycles. The zero-order chi connectivity index (χ0) is 18.5. The van der Waals surface area contributed by atoms with E-state index in [-0.39, 0.29) is 24.5 Å². The van der Waals surface area contributed by atoms with Gasteiger partial charge in [-0.3, -0.25) is 4.79 Å². The zero-order valence-electron chi connectivity index (χ0n) is 15.5.